The van der Waals surface area contributed by atoms with Crippen LogP contribution in [0.4, 0.5) is 0 Å². The van der Waals surface area contributed by atoms with Crippen molar-refractivity contribution in [2.24, 2.45) is 0 Å². The number of nitrogens with zero attached hydrogens (tertiary/aromatic N) is 1. The minimum absolute atomic E-state index is 0.0135. The van der Waals surface area contributed by atoms with Crippen LogP contribution in [-0.2, 0) is 20.4 Å². The summed E-state index contributed by atoms with van der Waals surface area (Å²) in [6.45, 7) is 6.02. The normalized spacial score (nSPS) is 19.2. The molecule has 0 N–H and O–H groups in total. The predicted molar refractivity (Wildman–Crippen MR) is 114 cm³/mol. The van der Waals surface area contributed by atoms with Crippen LogP contribution in [0.5, 0.6) is 11.5 Å². The van der Waals surface area contributed by atoms with Gasteiger partial charge in [-0.2, -0.15) is 0 Å². The van der Waals surface area contributed by atoms with Crippen LogP contribution in [-0.4, -0.2) is 62.8 Å². The van der Waals surface area contributed by atoms with E-state index in [0.29, 0.717) is 29.4 Å². The molecule has 1 aromatic rings. The van der Waals surface area contributed by atoms with Crippen LogP contribution in [0.1, 0.15) is 37.8 Å². The van der Waals surface area contributed by atoms with Crippen molar-refractivity contribution < 1.29 is 22.7 Å². The summed E-state index contributed by atoms with van der Waals surface area (Å²) in [7, 11) is 0.187. The standard InChI is InChI=1S/C20H31NO5S2/c1-6-15(3)21(17-7-8-28(23,24)13-17)20(22)12-27-11-16-10-19(26-5)18(25-4)9-14(16)2/h9-10,15,17H,6-8,11-13H2,1-5H3/t15-,17+/m1/s1. The largest absolute Gasteiger partial charge is 0.493 e. The molecule has 1 fully saturated rings. The third-order valence-electron chi connectivity index (χ3n) is 5.28. The Hall–Kier alpha value is -1.41. The Morgan fingerprint density at radius 3 is 2.46 bits per heavy atom. The highest BCUT2D eigenvalue weighted by molar-refractivity contribution is 7.99. The maximum atomic E-state index is 12.9. The first-order valence-corrected chi connectivity index (χ1v) is 12.5. The number of thioether (sulfide) groups is 1. The second-order valence-electron chi connectivity index (χ2n) is 7.24. The first-order chi connectivity index (χ1) is 13.2. The molecule has 28 heavy (non-hydrogen) atoms. The van der Waals surface area contributed by atoms with Gasteiger partial charge in [0.1, 0.15) is 0 Å². The van der Waals surface area contributed by atoms with Gasteiger partial charge in [-0.25, -0.2) is 8.42 Å². The van der Waals surface area contributed by atoms with E-state index in [4.69, 9.17) is 9.47 Å². The van der Waals surface area contributed by atoms with E-state index in [1.54, 1.807) is 19.1 Å². The number of sulfone groups is 1. The number of methoxy groups -OCH3 is 2. The lowest BCUT2D eigenvalue weighted by Crippen LogP contribution is -2.47. The van der Waals surface area contributed by atoms with Crippen molar-refractivity contribution in [3.05, 3.63) is 23.3 Å². The van der Waals surface area contributed by atoms with Crippen LogP contribution in [0.2, 0.25) is 0 Å². The van der Waals surface area contributed by atoms with Gasteiger partial charge in [0, 0.05) is 17.8 Å². The number of hydrogen-bond acceptors (Lipinski definition) is 6. The van der Waals surface area contributed by atoms with E-state index in [-0.39, 0.29) is 29.5 Å². The smallest absolute Gasteiger partial charge is 0.233 e. The van der Waals surface area contributed by atoms with Crippen molar-refractivity contribution in [3.63, 3.8) is 0 Å². The summed E-state index contributed by atoms with van der Waals surface area (Å²) in [6.07, 6.45) is 1.35. The molecule has 1 amide bonds. The summed E-state index contributed by atoms with van der Waals surface area (Å²) in [4.78, 5) is 14.7. The molecule has 158 valence electrons. The lowest BCUT2D eigenvalue weighted by Gasteiger charge is -2.33. The highest BCUT2D eigenvalue weighted by atomic mass is 32.2. The number of carbonyl (C=O) groups excluding carboxylic acids is 1. The number of benzene rings is 1. The topological polar surface area (TPSA) is 72.9 Å². The van der Waals surface area contributed by atoms with Crippen LogP contribution >= 0.6 is 11.8 Å². The Bertz CT molecular complexity index is 794. The van der Waals surface area contributed by atoms with Gasteiger partial charge in [-0.15, -0.1) is 11.8 Å². The number of rotatable bonds is 9. The number of ether oxygens (including phenoxy) is 2. The SMILES string of the molecule is CC[C@@H](C)N(C(=O)CSCc1cc(OC)c(OC)cc1C)[C@H]1CCS(=O)(=O)C1. The first kappa shape index (κ1) is 22.9. The molecule has 8 heteroatoms. The number of amides is 1. The molecule has 0 radical (unpaired) electrons. The average Bonchev–Trinajstić information content (AvgIpc) is 3.01. The third-order valence-corrected chi connectivity index (χ3v) is 8.00. The molecule has 0 aromatic heterocycles. The fraction of sp³-hybridized carbons (Fsp3) is 0.650. The Labute approximate surface area is 172 Å². The summed E-state index contributed by atoms with van der Waals surface area (Å²) in [6, 6.07) is 3.72. The zero-order valence-electron chi connectivity index (χ0n) is 17.4. The number of aryl methyl sites for hydroxylation is 1. The van der Waals surface area contributed by atoms with Crippen molar-refractivity contribution in [3.8, 4) is 11.5 Å². The van der Waals surface area contributed by atoms with Gasteiger partial charge in [0.05, 0.1) is 31.5 Å². The highest BCUT2D eigenvalue weighted by Gasteiger charge is 2.36. The first-order valence-electron chi connectivity index (χ1n) is 9.53. The van der Waals surface area contributed by atoms with Crippen molar-refractivity contribution >= 4 is 27.5 Å². The molecule has 1 heterocycles. The predicted octanol–water partition coefficient (Wildman–Crippen LogP) is 3.06. The van der Waals surface area contributed by atoms with Crippen molar-refractivity contribution in [1.82, 2.24) is 4.90 Å². The Morgan fingerprint density at radius 2 is 1.93 bits per heavy atom. The lowest BCUT2D eigenvalue weighted by atomic mass is 10.1. The Kier molecular flexibility index (Phi) is 8.07. The van der Waals surface area contributed by atoms with E-state index in [0.717, 1.165) is 17.5 Å². The van der Waals surface area contributed by atoms with Gasteiger partial charge in [0.25, 0.3) is 0 Å². The molecule has 0 aliphatic carbocycles. The summed E-state index contributed by atoms with van der Waals surface area (Å²) in [5.41, 5.74) is 2.17. The molecular formula is C20H31NO5S2. The third kappa shape index (κ3) is 5.56. The van der Waals surface area contributed by atoms with Gasteiger partial charge >= 0.3 is 0 Å². The Balaban J connectivity index is 2.03. The Morgan fingerprint density at radius 1 is 1.29 bits per heavy atom. The summed E-state index contributed by atoms with van der Waals surface area (Å²) in [5, 5.41) is 0. The zero-order valence-corrected chi connectivity index (χ0v) is 19.0. The molecule has 2 atom stereocenters. The van der Waals surface area contributed by atoms with Crippen LogP contribution in [0.3, 0.4) is 0 Å². The quantitative estimate of drug-likeness (QED) is 0.601. The fourth-order valence-electron chi connectivity index (χ4n) is 3.50. The van der Waals surface area contributed by atoms with Crippen LogP contribution in [0, 0.1) is 6.92 Å². The minimum Gasteiger partial charge on any atom is -0.493 e. The van der Waals surface area contributed by atoms with Gasteiger partial charge in [-0.3, -0.25) is 4.79 Å². The number of carbonyl (C=O) groups is 1. The monoisotopic (exact) mass is 429 g/mol. The minimum atomic E-state index is -3.03. The molecule has 1 aliphatic rings. The molecule has 1 aliphatic heterocycles. The molecule has 0 unspecified atom stereocenters. The zero-order chi connectivity index (χ0) is 20.9. The molecule has 0 bridgehead atoms. The second kappa shape index (κ2) is 9.87. The summed E-state index contributed by atoms with van der Waals surface area (Å²) in [5.74, 6) is 2.64. The van der Waals surface area contributed by atoms with E-state index < -0.39 is 9.84 Å². The van der Waals surface area contributed by atoms with Gasteiger partial charge in [0.15, 0.2) is 21.3 Å². The van der Waals surface area contributed by atoms with Gasteiger partial charge < -0.3 is 14.4 Å². The molecule has 0 saturated carbocycles. The van der Waals surface area contributed by atoms with E-state index in [1.807, 2.05) is 32.9 Å². The van der Waals surface area contributed by atoms with Crippen molar-refractivity contribution in [1.29, 1.82) is 0 Å². The lowest BCUT2D eigenvalue weighted by molar-refractivity contribution is -0.132. The van der Waals surface area contributed by atoms with Crippen molar-refractivity contribution in [2.75, 3.05) is 31.5 Å². The van der Waals surface area contributed by atoms with Crippen LogP contribution < -0.4 is 9.47 Å². The molecule has 0 spiro atoms. The van der Waals surface area contributed by atoms with Gasteiger partial charge in [-0.05, 0) is 49.9 Å². The molecule has 6 nitrogen and oxygen atoms in total. The van der Waals surface area contributed by atoms with Crippen molar-refractivity contribution in [2.45, 2.75) is 51.4 Å². The van der Waals surface area contributed by atoms with E-state index in [1.165, 1.54) is 11.8 Å². The van der Waals surface area contributed by atoms with Crippen LogP contribution in [0.25, 0.3) is 0 Å². The molecule has 1 saturated heterocycles. The van der Waals surface area contributed by atoms with E-state index >= 15 is 0 Å². The number of hydrogen-bond donors (Lipinski definition) is 0. The average molecular weight is 430 g/mol. The van der Waals surface area contributed by atoms with Crippen LogP contribution in [0.15, 0.2) is 12.1 Å². The van der Waals surface area contributed by atoms with Gasteiger partial charge in [-0.1, -0.05) is 6.92 Å². The van der Waals surface area contributed by atoms with Gasteiger partial charge in [0.2, 0.25) is 5.91 Å². The molecular weight excluding hydrogens is 398 g/mol. The summed E-state index contributed by atoms with van der Waals surface area (Å²) >= 11 is 1.54. The maximum absolute atomic E-state index is 12.9. The molecule has 2 rings (SSSR count). The summed E-state index contributed by atoms with van der Waals surface area (Å²) < 4.78 is 34.4. The van der Waals surface area contributed by atoms with E-state index in [9.17, 15) is 13.2 Å². The fourth-order valence-corrected chi connectivity index (χ4v) is 6.17. The molecule has 1 aromatic carbocycles. The maximum Gasteiger partial charge on any atom is 0.233 e. The highest BCUT2D eigenvalue weighted by Crippen LogP contribution is 2.32. The second-order valence-corrected chi connectivity index (χ2v) is 10.5. The van der Waals surface area contributed by atoms with E-state index in [2.05, 4.69) is 0 Å².